The molecule has 2 N–H and O–H groups in total. The van der Waals surface area contributed by atoms with E-state index >= 15 is 0 Å². The zero-order valence-electron chi connectivity index (χ0n) is 16.3. The van der Waals surface area contributed by atoms with Gasteiger partial charge in [0.15, 0.2) is 0 Å². The number of hydrogen-bond acceptors (Lipinski definition) is 3. The summed E-state index contributed by atoms with van der Waals surface area (Å²) in [6.45, 7) is 2.18. The first kappa shape index (κ1) is 19.6. The van der Waals surface area contributed by atoms with Crippen LogP contribution in [0.1, 0.15) is 35.7 Å². The number of rotatable bonds is 8. The van der Waals surface area contributed by atoms with E-state index in [0.29, 0.717) is 0 Å². The van der Waals surface area contributed by atoms with E-state index in [1.165, 1.54) is 0 Å². The summed E-state index contributed by atoms with van der Waals surface area (Å²) in [6.07, 6.45) is 0. The average molecular weight is 374 g/mol. The molecule has 0 aliphatic carbocycles. The number of nitrogens with one attached hydrogen (secondary N) is 2. The van der Waals surface area contributed by atoms with Crippen molar-refractivity contribution in [3.05, 3.63) is 102 Å². The third kappa shape index (κ3) is 4.99. The van der Waals surface area contributed by atoms with Gasteiger partial charge in [0, 0.05) is 5.56 Å². The van der Waals surface area contributed by atoms with Crippen LogP contribution in [0.5, 0.6) is 5.75 Å². The van der Waals surface area contributed by atoms with Crippen molar-refractivity contribution in [1.29, 1.82) is 0 Å². The predicted octanol–water partition coefficient (Wildman–Crippen LogP) is 4.25. The van der Waals surface area contributed by atoms with Gasteiger partial charge in [-0.1, -0.05) is 78.9 Å². The molecule has 3 rings (SSSR count). The number of ether oxygens (including phenoxy) is 1. The lowest BCUT2D eigenvalue weighted by molar-refractivity contribution is -0.121. The molecule has 0 bridgehead atoms. The van der Waals surface area contributed by atoms with Gasteiger partial charge in [0.05, 0.1) is 25.7 Å². The van der Waals surface area contributed by atoms with Crippen LogP contribution in [0, 0.1) is 0 Å². The quantitative estimate of drug-likeness (QED) is 0.620. The van der Waals surface area contributed by atoms with Crippen LogP contribution in [0.25, 0.3) is 0 Å². The van der Waals surface area contributed by atoms with Crippen LogP contribution in [0.2, 0.25) is 0 Å². The fourth-order valence-corrected chi connectivity index (χ4v) is 3.31. The lowest BCUT2D eigenvalue weighted by atomic mass is 9.99. The molecule has 0 spiro atoms. The maximum absolute atomic E-state index is 12.6. The zero-order valence-corrected chi connectivity index (χ0v) is 16.3. The third-order valence-corrected chi connectivity index (χ3v) is 4.72. The highest BCUT2D eigenvalue weighted by Crippen LogP contribution is 2.24. The minimum absolute atomic E-state index is 0.0466. The summed E-state index contributed by atoms with van der Waals surface area (Å²) in [6, 6.07) is 27.8. The van der Waals surface area contributed by atoms with E-state index in [0.717, 1.165) is 22.4 Å². The molecule has 0 radical (unpaired) electrons. The van der Waals surface area contributed by atoms with Crippen molar-refractivity contribution >= 4 is 5.91 Å². The van der Waals surface area contributed by atoms with Crippen molar-refractivity contribution in [3.63, 3.8) is 0 Å². The molecule has 28 heavy (non-hydrogen) atoms. The Labute approximate surface area is 166 Å². The highest BCUT2D eigenvalue weighted by Gasteiger charge is 2.17. The second-order valence-electron chi connectivity index (χ2n) is 6.67. The van der Waals surface area contributed by atoms with Crippen LogP contribution in [-0.2, 0) is 4.79 Å². The maximum atomic E-state index is 12.6. The van der Waals surface area contributed by atoms with Gasteiger partial charge in [0.25, 0.3) is 0 Å². The number of carbonyl (C=O) groups excluding carboxylic acids is 1. The second kappa shape index (κ2) is 9.72. The summed E-state index contributed by atoms with van der Waals surface area (Å²) >= 11 is 0. The van der Waals surface area contributed by atoms with E-state index in [2.05, 4.69) is 34.9 Å². The Balaban J connectivity index is 1.67. The van der Waals surface area contributed by atoms with Crippen molar-refractivity contribution in [1.82, 2.24) is 10.6 Å². The van der Waals surface area contributed by atoms with Gasteiger partial charge in [0.2, 0.25) is 5.91 Å². The SMILES string of the molecule is COc1ccccc1C(C)NC(=O)CNC(c1ccccc1)c1ccccc1. The summed E-state index contributed by atoms with van der Waals surface area (Å²) in [4.78, 5) is 12.6. The van der Waals surface area contributed by atoms with Crippen LogP contribution < -0.4 is 15.4 Å². The van der Waals surface area contributed by atoms with Gasteiger partial charge >= 0.3 is 0 Å². The summed E-state index contributed by atoms with van der Waals surface area (Å²) in [7, 11) is 1.64. The molecule has 144 valence electrons. The molecule has 0 saturated heterocycles. The smallest absolute Gasteiger partial charge is 0.234 e. The molecule has 4 heteroatoms. The van der Waals surface area contributed by atoms with Crippen LogP contribution in [0.4, 0.5) is 0 Å². The van der Waals surface area contributed by atoms with Gasteiger partial charge < -0.3 is 10.1 Å². The number of carbonyl (C=O) groups is 1. The minimum Gasteiger partial charge on any atom is -0.496 e. The molecule has 1 amide bonds. The minimum atomic E-state index is -0.141. The van der Waals surface area contributed by atoms with Gasteiger partial charge in [0.1, 0.15) is 5.75 Å². The summed E-state index contributed by atoms with van der Waals surface area (Å²) < 4.78 is 5.39. The summed E-state index contributed by atoms with van der Waals surface area (Å²) in [5.74, 6) is 0.713. The van der Waals surface area contributed by atoms with Crippen LogP contribution >= 0.6 is 0 Å². The van der Waals surface area contributed by atoms with E-state index in [-0.39, 0.29) is 24.5 Å². The van der Waals surface area contributed by atoms with Crippen LogP contribution in [0.15, 0.2) is 84.9 Å². The zero-order chi connectivity index (χ0) is 19.8. The molecule has 0 aromatic heterocycles. The van der Waals surface area contributed by atoms with Gasteiger partial charge in [-0.2, -0.15) is 0 Å². The summed E-state index contributed by atoms with van der Waals surface area (Å²) in [5.41, 5.74) is 3.21. The molecule has 1 atom stereocenters. The number of benzene rings is 3. The highest BCUT2D eigenvalue weighted by molar-refractivity contribution is 5.78. The van der Waals surface area contributed by atoms with Gasteiger partial charge in [-0.25, -0.2) is 0 Å². The predicted molar refractivity (Wildman–Crippen MR) is 112 cm³/mol. The topological polar surface area (TPSA) is 50.4 Å². The van der Waals surface area contributed by atoms with Crippen LogP contribution in [0.3, 0.4) is 0 Å². The Morgan fingerprint density at radius 3 is 1.96 bits per heavy atom. The Morgan fingerprint density at radius 2 is 1.39 bits per heavy atom. The molecule has 0 heterocycles. The Kier molecular flexibility index (Phi) is 6.82. The van der Waals surface area contributed by atoms with E-state index in [9.17, 15) is 4.79 Å². The Hall–Kier alpha value is -3.11. The molecular weight excluding hydrogens is 348 g/mol. The number of hydrogen-bond donors (Lipinski definition) is 2. The van der Waals surface area contributed by atoms with Crippen molar-refractivity contribution < 1.29 is 9.53 Å². The average Bonchev–Trinajstić information content (AvgIpc) is 2.75. The molecule has 4 nitrogen and oxygen atoms in total. The fraction of sp³-hybridized carbons (Fsp3) is 0.208. The number of para-hydroxylation sites is 1. The molecule has 0 aliphatic rings. The van der Waals surface area contributed by atoms with Crippen molar-refractivity contribution in [3.8, 4) is 5.75 Å². The first-order valence-electron chi connectivity index (χ1n) is 9.44. The van der Waals surface area contributed by atoms with Crippen molar-refractivity contribution in [2.45, 2.75) is 19.0 Å². The third-order valence-electron chi connectivity index (χ3n) is 4.72. The fourth-order valence-electron chi connectivity index (χ4n) is 3.31. The van der Waals surface area contributed by atoms with Crippen molar-refractivity contribution in [2.75, 3.05) is 13.7 Å². The van der Waals surface area contributed by atoms with Crippen molar-refractivity contribution in [2.24, 2.45) is 0 Å². The molecule has 0 saturated carbocycles. The van der Waals surface area contributed by atoms with Gasteiger partial charge in [-0.3, -0.25) is 10.1 Å². The lowest BCUT2D eigenvalue weighted by Crippen LogP contribution is -2.37. The normalized spacial score (nSPS) is 11.8. The largest absolute Gasteiger partial charge is 0.496 e. The van der Waals surface area contributed by atoms with Crippen LogP contribution in [-0.4, -0.2) is 19.6 Å². The van der Waals surface area contributed by atoms with E-state index in [4.69, 9.17) is 4.74 Å². The lowest BCUT2D eigenvalue weighted by Gasteiger charge is -2.21. The van der Waals surface area contributed by atoms with E-state index in [1.54, 1.807) is 7.11 Å². The Bertz CT molecular complexity index is 842. The number of amides is 1. The standard InChI is InChI=1S/C24H26N2O2/c1-18(21-15-9-10-16-22(21)28-2)26-23(27)17-25-24(19-11-5-3-6-12-19)20-13-7-4-8-14-20/h3-16,18,24-25H,17H2,1-2H3,(H,26,27). The van der Waals surface area contributed by atoms with Gasteiger partial charge in [-0.15, -0.1) is 0 Å². The molecule has 3 aromatic carbocycles. The molecule has 0 fully saturated rings. The Morgan fingerprint density at radius 1 is 0.857 bits per heavy atom. The summed E-state index contributed by atoms with van der Waals surface area (Å²) in [5, 5.41) is 6.44. The first-order valence-corrected chi connectivity index (χ1v) is 9.44. The van der Waals surface area contributed by atoms with E-state index < -0.39 is 0 Å². The molecule has 1 unspecified atom stereocenters. The monoisotopic (exact) mass is 374 g/mol. The second-order valence-corrected chi connectivity index (χ2v) is 6.67. The van der Waals surface area contributed by atoms with Gasteiger partial charge in [-0.05, 0) is 24.1 Å². The highest BCUT2D eigenvalue weighted by atomic mass is 16.5. The molecule has 3 aromatic rings. The number of methoxy groups -OCH3 is 1. The molecule has 0 aliphatic heterocycles. The van der Waals surface area contributed by atoms with E-state index in [1.807, 2.05) is 67.6 Å². The molecular formula is C24H26N2O2. The first-order chi connectivity index (χ1) is 13.7. The maximum Gasteiger partial charge on any atom is 0.234 e.